The van der Waals surface area contributed by atoms with E-state index in [1.54, 1.807) is 105 Å². The molecule has 0 aliphatic rings. The maximum Gasteiger partial charge on any atom is 0.330 e. The number of carboxylic acids is 1. The van der Waals surface area contributed by atoms with Gasteiger partial charge in [0.1, 0.15) is 78.6 Å². The number of aryl methyl sites for hydroxylation is 2. The largest absolute Gasteiger partial charge is 0.497 e. The molecule has 5 aromatic carbocycles. The van der Waals surface area contributed by atoms with Crippen LogP contribution in [0.25, 0.3) is 82.4 Å². The Hall–Kier alpha value is -15.0. The number of nitrogens with one attached hydrogen (secondary N) is 6. The van der Waals surface area contributed by atoms with E-state index in [4.69, 9.17) is 73.4 Å². The number of nitrogens with zero attached hydrogens (tertiary/aromatic N) is 19. The third kappa shape index (κ3) is 30.1. The van der Waals surface area contributed by atoms with Crippen molar-refractivity contribution in [2.24, 2.45) is 5.73 Å². The molecule has 45 heteroatoms. The van der Waals surface area contributed by atoms with Gasteiger partial charge in [-0.1, -0.05) is 102 Å². The Labute approximate surface area is 900 Å². The number of carbonyl (C=O) groups excluding carboxylic acids is 3. The number of H-pyrrole nitrogens is 2. The topological polar surface area (TPSA) is 473 Å². The van der Waals surface area contributed by atoms with Crippen molar-refractivity contribution in [3.8, 4) is 28.7 Å². The zero-order valence-electron chi connectivity index (χ0n) is 82.2. The highest BCUT2D eigenvalue weighted by Gasteiger charge is 2.22. The molecule has 0 aliphatic carbocycles. The van der Waals surface area contributed by atoms with Gasteiger partial charge in [-0.05, 0) is 212 Å². The van der Waals surface area contributed by atoms with E-state index in [9.17, 15) is 19.2 Å². The first-order valence-electron chi connectivity index (χ1n) is 44.8. The van der Waals surface area contributed by atoms with Gasteiger partial charge in [0, 0.05) is 96.6 Å². The minimum atomic E-state index is -0.840. The highest BCUT2D eigenvalue weighted by Crippen LogP contribution is 2.34. The standard InChI is InChI=1S/C19H22N4O3.C19H20N4O3.C18H20N4O3.C15H15IN4O.C14H11ClIN3O.C6H3ClIN3.C6H4ClN3.C4H6O2.CH5N/c2*1-20-19-18-15(8-9-17(24)26-3)22-23(16(18)10-11-21-19)12-13-4-6-14(25-2)7-5-13;1-19-18-17-14(7-8-16(23)24)21-22(15(17)9-10-20-18)11-12-3-5-13(25-2)6-4-12;1-17-15-13-12(7-8-18-15)20(19-14(13)16)9-10-3-5-11(21-2)6-4-10;1-20-10-4-2-9(3-5-10)8-19-11-6-7-17-13(15)12(11)14(16)18-19;7-5-4-3(1-2-9-5)10-11-6(4)8;7-6-4-3-9-10-5(4)1-2-8-6;1-3-4(5)6-2;1-2/h4-7,10-11H,8-9,12H2,1-3H3,(H,20,21);4-11H,12H2,1-3H3,(H,20,21);3-6,9-10H,7-8,11H2,1-2H3,(H,19,20)(H,23,24);3-8H,9H2,1-2H3,(H,17,18);2-7H,8H2,1H3;1-2H,(H,10,11);1-3H,(H,9,10);3H,1H2,2H3;2H2,1H3/b;9-8+;;;;;;;. The Kier molecular flexibility index (Phi) is 43.2. The molecule has 19 rings (SSSR count). The number of benzene rings is 5. The summed E-state index contributed by atoms with van der Waals surface area (Å²) in [5, 5.41) is 65.9. The molecule has 0 radical (unpaired) electrons. The minimum Gasteiger partial charge on any atom is -0.497 e. The summed E-state index contributed by atoms with van der Waals surface area (Å²) in [5.74, 6) is 5.24. The molecular formula is C102H106Cl3I3N26O13. The summed E-state index contributed by atoms with van der Waals surface area (Å²) in [6, 6.07) is 52.8. The van der Waals surface area contributed by atoms with E-state index >= 15 is 0 Å². The first kappa shape index (κ1) is 112. The zero-order chi connectivity index (χ0) is 106. The maximum absolute atomic E-state index is 11.5. The summed E-state index contributed by atoms with van der Waals surface area (Å²) in [7, 11) is 21.1. The van der Waals surface area contributed by atoms with Crippen molar-refractivity contribution in [2.45, 2.75) is 58.4 Å². The lowest BCUT2D eigenvalue weighted by molar-refractivity contribution is -0.140. The Balaban J connectivity index is 0.000000164. The fourth-order valence-corrected chi connectivity index (χ4v) is 17.8. The van der Waals surface area contributed by atoms with Gasteiger partial charge >= 0.3 is 23.9 Å². The molecule has 14 heterocycles. The number of ether oxygens (including phenoxy) is 8. The van der Waals surface area contributed by atoms with Crippen LogP contribution in [-0.4, -0.2) is 225 Å². The number of rotatable bonds is 28. The van der Waals surface area contributed by atoms with Crippen LogP contribution in [0.5, 0.6) is 28.7 Å². The summed E-state index contributed by atoms with van der Waals surface area (Å²) in [6.45, 7) is 6.34. The summed E-state index contributed by atoms with van der Waals surface area (Å²) < 4.78 is 51.9. The monoisotopic (exact) mass is 2390 g/mol. The molecule has 764 valence electrons. The number of nitrogens with two attached hydrogens (primary N) is 1. The SMILES string of the molecule is C=CC(=O)OC.CN.CNc1nccc2c1c(/C=C/C(=O)OC)nn2Cc1ccc(OC)cc1.CNc1nccc2c1c(CCC(=O)O)nn2Cc1ccc(OC)cc1.CNc1nccc2c1c(CCC(=O)OC)nn2Cc1ccc(OC)cc1.CNc1nccc2c1c(I)nn2Cc1ccc(OC)cc1.COc1ccc(Cn2nc(I)c3c(Cl)nccc32)cc1.Clc1nccc2[nH]ncc12.Clc1nccc2n[nH]c(I)c12. The summed E-state index contributed by atoms with van der Waals surface area (Å²) in [6.07, 6.45) is 18.9. The second-order valence-corrected chi connectivity index (χ2v) is 34.8. The number of aromatic amines is 2. The highest BCUT2D eigenvalue weighted by atomic mass is 127. The first-order valence-corrected chi connectivity index (χ1v) is 49.2. The summed E-state index contributed by atoms with van der Waals surface area (Å²) in [5.41, 5.74) is 19.0. The Bertz CT molecular complexity index is 7640. The molecule has 0 aliphatic heterocycles. The number of methoxy groups -OCH3 is 8. The fourth-order valence-electron chi connectivity index (χ4n) is 14.6. The van der Waals surface area contributed by atoms with Gasteiger partial charge in [-0.15, -0.1) is 0 Å². The van der Waals surface area contributed by atoms with E-state index < -0.39 is 17.9 Å². The van der Waals surface area contributed by atoms with E-state index in [2.05, 4.69) is 199 Å². The van der Waals surface area contributed by atoms with Gasteiger partial charge in [0.15, 0.2) is 0 Å². The molecule has 9 N–H and O–H groups in total. The molecule has 19 aromatic rings. The Morgan fingerprint density at radius 3 is 1.12 bits per heavy atom. The molecule has 0 spiro atoms. The smallest absolute Gasteiger partial charge is 0.330 e. The molecule has 0 bridgehead atoms. The van der Waals surface area contributed by atoms with Crippen LogP contribution in [-0.2, 0) is 79.0 Å². The van der Waals surface area contributed by atoms with E-state index in [0.717, 1.165) is 174 Å². The van der Waals surface area contributed by atoms with Gasteiger partial charge < -0.3 is 70.0 Å². The average Bonchev–Trinajstić information content (AvgIpc) is 1.64. The summed E-state index contributed by atoms with van der Waals surface area (Å²) in [4.78, 5) is 73.1. The van der Waals surface area contributed by atoms with Crippen molar-refractivity contribution in [2.75, 3.05) is 113 Å². The number of hydrogen-bond donors (Lipinski definition) is 8. The van der Waals surface area contributed by atoms with Crippen molar-refractivity contribution in [1.82, 2.24) is 104 Å². The number of fused-ring (bicyclic) bond motifs is 7. The number of carbonyl (C=O) groups is 4. The van der Waals surface area contributed by atoms with Gasteiger partial charge in [-0.3, -0.25) is 43.2 Å². The van der Waals surface area contributed by atoms with E-state index in [1.807, 2.05) is 189 Å². The van der Waals surface area contributed by atoms with E-state index in [1.165, 1.54) is 40.0 Å². The van der Waals surface area contributed by atoms with Gasteiger partial charge in [-0.25, -0.2) is 44.5 Å². The number of carboxylic acid groups (broad SMARTS) is 1. The van der Waals surface area contributed by atoms with Gasteiger partial charge in [-0.2, -0.15) is 35.7 Å². The number of esters is 3. The number of aliphatic carboxylic acids is 1. The Morgan fingerprint density at radius 2 is 0.741 bits per heavy atom. The fraction of sp³-hybridized carbons (Fsp3) is 0.216. The minimum absolute atomic E-state index is 0.0344. The van der Waals surface area contributed by atoms with Crippen molar-refractivity contribution in [3.63, 3.8) is 0 Å². The van der Waals surface area contributed by atoms with Crippen molar-refractivity contribution in [3.05, 3.63) is 304 Å². The van der Waals surface area contributed by atoms with E-state index in [0.29, 0.717) is 71.8 Å². The van der Waals surface area contributed by atoms with Crippen LogP contribution in [0, 0.1) is 11.1 Å². The van der Waals surface area contributed by atoms with Crippen LogP contribution in [0.2, 0.25) is 15.5 Å². The molecule has 0 amide bonds. The van der Waals surface area contributed by atoms with Gasteiger partial charge in [0.2, 0.25) is 0 Å². The molecule has 0 atom stereocenters. The normalized spacial score (nSPS) is 10.6. The molecule has 0 unspecified atom stereocenters. The maximum atomic E-state index is 11.5. The highest BCUT2D eigenvalue weighted by molar-refractivity contribution is 14.1. The van der Waals surface area contributed by atoms with Crippen LogP contribution in [0.15, 0.2) is 232 Å². The van der Waals surface area contributed by atoms with Crippen LogP contribution in [0.1, 0.15) is 57.7 Å². The van der Waals surface area contributed by atoms with Crippen molar-refractivity contribution >= 4 is 232 Å². The lowest BCUT2D eigenvalue weighted by Crippen LogP contribution is -2.04. The number of anilines is 4. The third-order valence-corrected chi connectivity index (χ3v) is 24.9. The number of halogens is 6. The molecule has 0 saturated carbocycles. The lowest BCUT2D eigenvalue weighted by atomic mass is 10.1. The third-order valence-electron chi connectivity index (χ3n) is 21.8. The molecular weight excluding hydrogens is 2280 g/mol. The quantitative estimate of drug-likeness (QED) is 0.00742. The van der Waals surface area contributed by atoms with Crippen molar-refractivity contribution in [1.29, 1.82) is 0 Å². The number of aromatic nitrogens is 21. The second-order valence-electron chi connectivity index (χ2n) is 30.6. The van der Waals surface area contributed by atoms with Crippen molar-refractivity contribution < 1.29 is 62.2 Å². The molecule has 147 heavy (non-hydrogen) atoms. The van der Waals surface area contributed by atoms with E-state index in [-0.39, 0.29) is 18.8 Å². The van der Waals surface area contributed by atoms with Crippen LogP contribution in [0.3, 0.4) is 0 Å². The average molecular weight is 2390 g/mol. The predicted octanol–water partition coefficient (Wildman–Crippen LogP) is 18.5. The van der Waals surface area contributed by atoms with Gasteiger partial charge in [0.25, 0.3) is 0 Å². The van der Waals surface area contributed by atoms with Crippen LogP contribution >= 0.6 is 103 Å². The summed E-state index contributed by atoms with van der Waals surface area (Å²) >= 11 is 24.3. The van der Waals surface area contributed by atoms with Crippen LogP contribution < -0.4 is 50.7 Å². The zero-order valence-corrected chi connectivity index (χ0v) is 90.9. The molecule has 0 fully saturated rings. The predicted molar refractivity (Wildman–Crippen MR) is 597 cm³/mol. The molecule has 0 saturated heterocycles. The Morgan fingerprint density at radius 1 is 0.401 bits per heavy atom. The lowest BCUT2D eigenvalue weighted by Gasteiger charge is -2.06. The molecule has 39 nitrogen and oxygen atoms in total. The molecule has 14 aromatic heterocycles. The number of hydrogen-bond acceptors (Lipinski definition) is 31. The first-order chi connectivity index (χ1) is 71.3. The number of pyridine rings is 7. The van der Waals surface area contributed by atoms with Crippen LogP contribution in [0.4, 0.5) is 23.3 Å². The van der Waals surface area contributed by atoms with Gasteiger partial charge in [0.05, 0.1) is 202 Å². The second kappa shape index (κ2) is 56.5.